The van der Waals surface area contributed by atoms with E-state index in [1.54, 1.807) is 12.3 Å². The lowest BCUT2D eigenvalue weighted by Gasteiger charge is -2.34. The summed E-state index contributed by atoms with van der Waals surface area (Å²) < 4.78 is 7.25. The van der Waals surface area contributed by atoms with Gasteiger partial charge in [-0.3, -0.25) is 9.69 Å². The monoisotopic (exact) mass is 325 g/mol. The Morgan fingerprint density at radius 2 is 2.00 bits per heavy atom. The van der Waals surface area contributed by atoms with E-state index >= 15 is 0 Å². The summed E-state index contributed by atoms with van der Waals surface area (Å²) in [6, 6.07) is 2.34. The molecule has 0 bridgehead atoms. The van der Waals surface area contributed by atoms with E-state index in [1.165, 1.54) is 0 Å². The number of hydrogen-bond donors (Lipinski definition) is 0. The van der Waals surface area contributed by atoms with Gasteiger partial charge in [0, 0.05) is 45.5 Å². The average molecular weight is 326 g/mol. The van der Waals surface area contributed by atoms with Gasteiger partial charge in [0.2, 0.25) is 0 Å². The van der Waals surface area contributed by atoms with Gasteiger partial charge in [0.1, 0.15) is 5.69 Å². The lowest BCUT2D eigenvalue weighted by Crippen LogP contribution is -2.44. The van der Waals surface area contributed by atoms with Gasteiger partial charge in [-0.1, -0.05) is 11.6 Å². The summed E-state index contributed by atoms with van der Waals surface area (Å²) in [4.78, 5) is 17.2. The maximum Gasteiger partial charge on any atom is 0.270 e. The molecule has 6 heteroatoms. The van der Waals surface area contributed by atoms with Crippen LogP contribution in [-0.2, 0) is 11.8 Å². The number of ether oxygens (including phenoxy) is 1. The van der Waals surface area contributed by atoms with Crippen LogP contribution in [0, 0.1) is 0 Å². The molecule has 5 nitrogen and oxygen atoms in total. The molecule has 122 valence electrons. The van der Waals surface area contributed by atoms with Crippen molar-refractivity contribution in [1.82, 2.24) is 14.4 Å². The fourth-order valence-corrected chi connectivity index (χ4v) is 3.74. The Kier molecular flexibility index (Phi) is 5.06. The summed E-state index contributed by atoms with van der Waals surface area (Å²) >= 11 is 6.00. The van der Waals surface area contributed by atoms with Crippen molar-refractivity contribution in [1.29, 1.82) is 0 Å². The van der Waals surface area contributed by atoms with Crippen LogP contribution in [-0.4, -0.2) is 65.7 Å². The molecular formula is C16H24ClN3O2. The third kappa shape index (κ3) is 3.47. The summed E-state index contributed by atoms with van der Waals surface area (Å²) in [5.41, 5.74) is 0.676. The van der Waals surface area contributed by atoms with Gasteiger partial charge in [-0.2, -0.15) is 0 Å². The van der Waals surface area contributed by atoms with Crippen LogP contribution in [0.3, 0.4) is 0 Å². The first-order valence-electron chi connectivity index (χ1n) is 8.08. The molecule has 0 aliphatic carbocycles. The number of hydrogen-bond acceptors (Lipinski definition) is 3. The van der Waals surface area contributed by atoms with E-state index in [1.807, 2.05) is 16.5 Å². The molecule has 3 heterocycles. The van der Waals surface area contributed by atoms with Gasteiger partial charge in [-0.05, 0) is 25.3 Å². The first-order chi connectivity index (χ1) is 10.6. The molecule has 2 fully saturated rings. The lowest BCUT2D eigenvalue weighted by atomic mass is 10.1. The van der Waals surface area contributed by atoms with Gasteiger partial charge in [0.25, 0.3) is 5.91 Å². The quantitative estimate of drug-likeness (QED) is 0.834. The van der Waals surface area contributed by atoms with Crippen molar-refractivity contribution in [2.45, 2.75) is 25.3 Å². The average Bonchev–Trinajstić information content (AvgIpc) is 2.74. The standard InChI is InChI=1S/C16H24ClN3O2/c1-18-12-13(17)11-15(18)16(21)20-5-2-3-14(4-6-20)19-7-9-22-10-8-19/h11-12,14H,2-10H2,1H3/t14-/m1/s1. The topological polar surface area (TPSA) is 37.7 Å². The normalized spacial score (nSPS) is 24.3. The number of aromatic nitrogens is 1. The number of rotatable bonds is 2. The third-order valence-electron chi connectivity index (χ3n) is 4.74. The first kappa shape index (κ1) is 15.8. The van der Waals surface area contributed by atoms with Crippen molar-refractivity contribution in [3.8, 4) is 0 Å². The molecule has 1 aromatic rings. The highest BCUT2D eigenvalue weighted by molar-refractivity contribution is 6.31. The summed E-state index contributed by atoms with van der Waals surface area (Å²) in [5, 5.41) is 0.617. The van der Waals surface area contributed by atoms with Crippen LogP contribution >= 0.6 is 11.6 Å². The van der Waals surface area contributed by atoms with Gasteiger partial charge in [-0.25, -0.2) is 0 Å². The van der Waals surface area contributed by atoms with E-state index in [0.29, 0.717) is 16.8 Å². The molecule has 22 heavy (non-hydrogen) atoms. The summed E-state index contributed by atoms with van der Waals surface area (Å²) in [6.07, 6.45) is 5.05. The lowest BCUT2D eigenvalue weighted by molar-refractivity contribution is 0.0135. The van der Waals surface area contributed by atoms with Crippen molar-refractivity contribution in [2.75, 3.05) is 39.4 Å². The SMILES string of the molecule is Cn1cc(Cl)cc1C(=O)N1CCC[C@@H](N2CCOCC2)CC1. The van der Waals surface area contributed by atoms with Crippen LogP contribution in [0.4, 0.5) is 0 Å². The molecule has 0 aromatic carbocycles. The molecular weight excluding hydrogens is 302 g/mol. The summed E-state index contributed by atoms with van der Waals surface area (Å²) in [7, 11) is 1.87. The van der Waals surface area contributed by atoms with Crippen LogP contribution in [0.15, 0.2) is 12.3 Å². The molecule has 2 aliphatic rings. The molecule has 2 aliphatic heterocycles. The van der Waals surface area contributed by atoms with Crippen LogP contribution in [0.5, 0.6) is 0 Å². The molecule has 0 unspecified atom stereocenters. The van der Waals surface area contributed by atoms with Gasteiger partial charge < -0.3 is 14.2 Å². The highest BCUT2D eigenvalue weighted by Gasteiger charge is 2.27. The summed E-state index contributed by atoms with van der Waals surface area (Å²) in [6.45, 7) is 5.37. The third-order valence-corrected chi connectivity index (χ3v) is 4.94. The second-order valence-electron chi connectivity index (χ2n) is 6.18. The van der Waals surface area contributed by atoms with Crippen LogP contribution < -0.4 is 0 Å². The van der Waals surface area contributed by atoms with E-state index in [-0.39, 0.29) is 5.91 Å². The zero-order chi connectivity index (χ0) is 15.5. The highest BCUT2D eigenvalue weighted by Crippen LogP contribution is 2.21. The maximum absolute atomic E-state index is 12.7. The van der Waals surface area contributed by atoms with Gasteiger partial charge in [-0.15, -0.1) is 0 Å². The van der Waals surface area contributed by atoms with Gasteiger partial charge in [0.05, 0.1) is 18.2 Å². The first-order valence-corrected chi connectivity index (χ1v) is 8.46. The Hall–Kier alpha value is -1.04. The molecule has 1 amide bonds. The second-order valence-corrected chi connectivity index (χ2v) is 6.62. The Labute approximate surface area is 136 Å². The van der Waals surface area contributed by atoms with Crippen molar-refractivity contribution < 1.29 is 9.53 Å². The molecule has 0 saturated carbocycles. The number of aryl methyl sites for hydroxylation is 1. The van der Waals surface area contributed by atoms with Crippen molar-refractivity contribution in [3.63, 3.8) is 0 Å². The van der Waals surface area contributed by atoms with Crippen molar-refractivity contribution >= 4 is 17.5 Å². The smallest absolute Gasteiger partial charge is 0.270 e. The predicted octanol–water partition coefficient (Wildman–Crippen LogP) is 2.01. The molecule has 2 saturated heterocycles. The van der Waals surface area contributed by atoms with Gasteiger partial charge in [0.15, 0.2) is 0 Å². The zero-order valence-electron chi connectivity index (χ0n) is 13.1. The number of carbonyl (C=O) groups is 1. The Balaban J connectivity index is 1.62. The predicted molar refractivity (Wildman–Crippen MR) is 86.4 cm³/mol. The largest absolute Gasteiger partial charge is 0.379 e. The summed E-state index contributed by atoms with van der Waals surface area (Å²) in [5.74, 6) is 0.0945. The van der Waals surface area contributed by atoms with Crippen LogP contribution in [0.25, 0.3) is 0 Å². The highest BCUT2D eigenvalue weighted by atomic mass is 35.5. The number of amides is 1. The van der Waals surface area contributed by atoms with E-state index in [4.69, 9.17) is 16.3 Å². The number of halogens is 1. The van der Waals surface area contributed by atoms with E-state index in [0.717, 1.165) is 58.7 Å². The Morgan fingerprint density at radius 3 is 2.68 bits per heavy atom. The second kappa shape index (κ2) is 7.02. The molecule has 1 atom stereocenters. The molecule has 0 N–H and O–H groups in total. The minimum Gasteiger partial charge on any atom is -0.379 e. The van der Waals surface area contributed by atoms with E-state index < -0.39 is 0 Å². The molecule has 0 radical (unpaired) electrons. The fraction of sp³-hybridized carbons (Fsp3) is 0.688. The Morgan fingerprint density at radius 1 is 1.23 bits per heavy atom. The number of morpholine rings is 1. The van der Waals surface area contributed by atoms with E-state index in [9.17, 15) is 4.79 Å². The van der Waals surface area contributed by atoms with Crippen LogP contribution in [0.2, 0.25) is 5.02 Å². The minimum atomic E-state index is 0.0945. The number of likely N-dealkylation sites (tertiary alicyclic amines) is 1. The minimum absolute atomic E-state index is 0.0945. The van der Waals surface area contributed by atoms with Crippen molar-refractivity contribution in [2.24, 2.45) is 7.05 Å². The van der Waals surface area contributed by atoms with Crippen molar-refractivity contribution in [3.05, 3.63) is 23.0 Å². The maximum atomic E-state index is 12.7. The number of carbonyl (C=O) groups excluding carboxylic acids is 1. The van der Waals surface area contributed by atoms with E-state index in [2.05, 4.69) is 4.90 Å². The molecule has 1 aromatic heterocycles. The zero-order valence-corrected chi connectivity index (χ0v) is 13.9. The van der Waals surface area contributed by atoms with Crippen LogP contribution in [0.1, 0.15) is 29.8 Å². The van der Waals surface area contributed by atoms with Gasteiger partial charge >= 0.3 is 0 Å². The number of nitrogens with zero attached hydrogens (tertiary/aromatic N) is 3. The molecule has 3 rings (SSSR count). The fourth-order valence-electron chi connectivity index (χ4n) is 3.49. The Bertz CT molecular complexity index is 525. The molecule has 0 spiro atoms.